The van der Waals surface area contributed by atoms with Crippen LogP contribution >= 0.6 is 0 Å². The van der Waals surface area contributed by atoms with E-state index in [0.717, 1.165) is 11.8 Å². The summed E-state index contributed by atoms with van der Waals surface area (Å²) in [5.74, 6) is 0. The van der Waals surface area contributed by atoms with E-state index in [9.17, 15) is 4.79 Å². The normalized spacial score (nSPS) is 8.73. The van der Waals surface area contributed by atoms with Crippen molar-refractivity contribution in [3.05, 3.63) is 35.9 Å². The molecule has 11 heavy (non-hydrogen) atoms. The molecule has 1 aromatic rings. The van der Waals surface area contributed by atoms with Crippen molar-refractivity contribution in [2.75, 3.05) is 6.61 Å². The Morgan fingerprint density at radius 2 is 2.45 bits per heavy atom. The highest BCUT2D eigenvalue weighted by Crippen LogP contribution is 1.96. The highest BCUT2D eigenvalue weighted by atomic mass is 16.5. The van der Waals surface area contributed by atoms with Crippen LogP contribution in [0.2, 0.25) is 0 Å². The van der Waals surface area contributed by atoms with E-state index in [4.69, 9.17) is 4.74 Å². The van der Waals surface area contributed by atoms with Crippen molar-refractivity contribution in [2.45, 2.75) is 6.61 Å². The monoisotopic (exact) mass is 148 g/mol. The first-order valence-corrected chi connectivity index (χ1v) is 3.31. The molecule has 0 spiro atoms. The number of hydrogen-bond acceptors (Lipinski definition) is 2. The second-order valence-corrected chi connectivity index (χ2v) is 2.02. The first kappa shape index (κ1) is 7.77. The molecule has 0 fully saturated rings. The van der Waals surface area contributed by atoms with Gasteiger partial charge in [-0.05, 0) is 23.8 Å². The van der Waals surface area contributed by atoms with Gasteiger partial charge in [-0.25, -0.2) is 0 Å². The molecule has 0 aliphatic heterocycles. The van der Waals surface area contributed by atoms with Crippen molar-refractivity contribution < 1.29 is 9.53 Å². The largest absolute Gasteiger partial charge is 0.369 e. The van der Waals surface area contributed by atoms with Crippen LogP contribution in [0.1, 0.15) is 5.56 Å². The number of hydrogen-bond donors (Lipinski definition) is 0. The molecule has 56 valence electrons. The fourth-order valence-corrected chi connectivity index (χ4v) is 0.694. The van der Waals surface area contributed by atoms with Crippen LogP contribution in [0.15, 0.2) is 18.2 Å². The molecule has 1 aromatic carbocycles. The zero-order valence-electron chi connectivity index (χ0n) is 6.04. The predicted octanol–water partition coefficient (Wildman–Crippen LogP) is 1.00. The first-order chi connectivity index (χ1) is 5.43. The van der Waals surface area contributed by atoms with E-state index >= 15 is 0 Å². The summed E-state index contributed by atoms with van der Waals surface area (Å²) in [6, 6.07) is 11.0. The van der Waals surface area contributed by atoms with Crippen molar-refractivity contribution in [3.63, 3.8) is 0 Å². The molecule has 2 heteroatoms. The second-order valence-electron chi connectivity index (χ2n) is 2.02. The Bertz CT molecular complexity index is 206. The summed E-state index contributed by atoms with van der Waals surface area (Å²) < 4.78 is 4.97. The average Bonchev–Trinajstić information content (AvgIpc) is 2.07. The molecule has 0 unspecified atom stereocenters. The number of rotatable bonds is 4. The molecule has 0 aromatic heterocycles. The molecule has 0 radical (unpaired) electrons. The molecule has 0 heterocycles. The van der Waals surface area contributed by atoms with E-state index in [-0.39, 0.29) is 6.61 Å². The molecule has 0 aliphatic rings. The van der Waals surface area contributed by atoms with Gasteiger partial charge in [0, 0.05) is 0 Å². The Balaban J connectivity index is 2.33. The standard InChI is InChI=1S/C9H8O2/c10-6-7-11-8-9-4-2-1-3-5-9/h2,4-6H,7-8H2. The van der Waals surface area contributed by atoms with E-state index in [2.05, 4.69) is 12.1 Å². The zero-order valence-corrected chi connectivity index (χ0v) is 6.04. The van der Waals surface area contributed by atoms with E-state index in [1.165, 1.54) is 0 Å². The molecular weight excluding hydrogens is 140 g/mol. The maximum absolute atomic E-state index is 9.86. The number of ether oxygens (including phenoxy) is 1. The van der Waals surface area contributed by atoms with E-state index < -0.39 is 0 Å². The average molecular weight is 148 g/mol. The summed E-state index contributed by atoms with van der Waals surface area (Å²) in [6.07, 6.45) is 0.735. The molecule has 0 aliphatic carbocycles. The number of aldehydes is 1. The van der Waals surface area contributed by atoms with Crippen LogP contribution in [-0.2, 0) is 16.1 Å². The summed E-state index contributed by atoms with van der Waals surface area (Å²) >= 11 is 0. The highest BCUT2D eigenvalue weighted by Gasteiger charge is 1.88. The third-order valence-corrected chi connectivity index (χ3v) is 1.18. The van der Waals surface area contributed by atoms with Gasteiger partial charge >= 0.3 is 0 Å². The van der Waals surface area contributed by atoms with Gasteiger partial charge in [0.15, 0.2) is 0 Å². The Labute approximate surface area is 65.8 Å². The van der Waals surface area contributed by atoms with Crippen LogP contribution in [0, 0.1) is 12.1 Å². The van der Waals surface area contributed by atoms with Gasteiger partial charge in [-0.3, -0.25) is 0 Å². The van der Waals surface area contributed by atoms with Crippen LogP contribution in [0.25, 0.3) is 0 Å². The fraction of sp³-hybridized carbons (Fsp3) is 0.222. The van der Waals surface area contributed by atoms with Gasteiger partial charge in [0.05, 0.1) is 6.61 Å². The molecule has 0 saturated heterocycles. The van der Waals surface area contributed by atoms with Gasteiger partial charge in [-0.1, -0.05) is 12.1 Å². The highest BCUT2D eigenvalue weighted by molar-refractivity contribution is 5.50. The lowest BCUT2D eigenvalue weighted by atomic mass is 10.3. The van der Waals surface area contributed by atoms with Gasteiger partial charge in [-0.2, -0.15) is 0 Å². The summed E-state index contributed by atoms with van der Waals surface area (Å²) in [4.78, 5) is 9.86. The topological polar surface area (TPSA) is 26.3 Å². The van der Waals surface area contributed by atoms with Gasteiger partial charge in [0.25, 0.3) is 0 Å². The molecule has 1 rings (SSSR count). The molecule has 0 amide bonds. The van der Waals surface area contributed by atoms with Crippen LogP contribution < -0.4 is 0 Å². The smallest absolute Gasteiger partial charge is 0.145 e. The number of carbonyl (C=O) groups is 1. The maximum Gasteiger partial charge on any atom is 0.145 e. The molecule has 0 saturated carbocycles. The van der Waals surface area contributed by atoms with Crippen molar-refractivity contribution in [1.29, 1.82) is 0 Å². The van der Waals surface area contributed by atoms with Crippen molar-refractivity contribution in [1.82, 2.24) is 0 Å². The summed E-state index contributed by atoms with van der Waals surface area (Å²) in [6.45, 7) is 0.614. The Morgan fingerprint density at radius 3 is 3.09 bits per heavy atom. The molecule has 0 atom stereocenters. The summed E-state index contributed by atoms with van der Waals surface area (Å²) in [7, 11) is 0. The summed E-state index contributed by atoms with van der Waals surface area (Å²) in [5.41, 5.74) is 1.01. The minimum atomic E-state index is 0.151. The third kappa shape index (κ3) is 2.83. The second kappa shape index (κ2) is 4.48. The quantitative estimate of drug-likeness (QED) is 0.470. The summed E-state index contributed by atoms with van der Waals surface area (Å²) in [5, 5.41) is 0. The molecule has 2 nitrogen and oxygen atoms in total. The van der Waals surface area contributed by atoms with Crippen LogP contribution in [0.4, 0.5) is 0 Å². The van der Waals surface area contributed by atoms with Gasteiger partial charge in [0.2, 0.25) is 0 Å². The number of carbonyl (C=O) groups excluding carboxylic acids is 1. The van der Waals surface area contributed by atoms with Crippen molar-refractivity contribution >= 4 is 6.29 Å². The van der Waals surface area contributed by atoms with Crippen molar-refractivity contribution in [3.8, 4) is 0 Å². The van der Waals surface area contributed by atoms with Gasteiger partial charge < -0.3 is 9.53 Å². The van der Waals surface area contributed by atoms with Gasteiger partial charge in [-0.15, -0.1) is 0 Å². The van der Waals surface area contributed by atoms with E-state index in [0.29, 0.717) is 6.61 Å². The first-order valence-electron chi connectivity index (χ1n) is 3.31. The Kier molecular flexibility index (Phi) is 3.17. The van der Waals surface area contributed by atoms with Crippen molar-refractivity contribution in [2.24, 2.45) is 0 Å². The van der Waals surface area contributed by atoms with Crippen LogP contribution in [0.3, 0.4) is 0 Å². The molecule has 0 bridgehead atoms. The Morgan fingerprint density at radius 1 is 1.55 bits per heavy atom. The minimum Gasteiger partial charge on any atom is -0.369 e. The SMILES string of the molecule is O=CCOCc1cc#ccc1. The Hall–Kier alpha value is -1.33. The van der Waals surface area contributed by atoms with Crippen LogP contribution in [0.5, 0.6) is 0 Å². The predicted molar refractivity (Wildman–Crippen MR) is 39.8 cm³/mol. The lowest BCUT2D eigenvalue weighted by molar-refractivity contribution is -0.112. The maximum atomic E-state index is 9.86. The fourth-order valence-electron chi connectivity index (χ4n) is 0.694. The minimum absolute atomic E-state index is 0.151. The third-order valence-electron chi connectivity index (χ3n) is 1.18. The van der Waals surface area contributed by atoms with Crippen LogP contribution in [-0.4, -0.2) is 12.9 Å². The van der Waals surface area contributed by atoms with E-state index in [1.54, 1.807) is 12.1 Å². The molecule has 0 N–H and O–H groups in total. The lowest BCUT2D eigenvalue weighted by Crippen LogP contribution is -1.94. The van der Waals surface area contributed by atoms with E-state index in [1.807, 2.05) is 6.07 Å². The lowest BCUT2D eigenvalue weighted by Gasteiger charge is -1.96. The molecular formula is C9H8O2. The zero-order chi connectivity index (χ0) is 7.94. The van der Waals surface area contributed by atoms with Gasteiger partial charge in [0.1, 0.15) is 12.9 Å².